The number of nitrogens with two attached hydrogens (primary N) is 1. The molecule has 34 heavy (non-hydrogen) atoms. The third-order valence-electron chi connectivity index (χ3n) is 5.47. The lowest BCUT2D eigenvalue weighted by Crippen LogP contribution is -2.42. The monoisotopic (exact) mass is 483 g/mol. The van der Waals surface area contributed by atoms with Crippen LogP contribution in [-0.2, 0) is 4.74 Å². The summed E-state index contributed by atoms with van der Waals surface area (Å²) in [7, 11) is 0. The molecule has 1 amide bonds. The molecule has 1 aliphatic heterocycles. The summed E-state index contributed by atoms with van der Waals surface area (Å²) in [4.78, 5) is 19.1. The fourth-order valence-corrected chi connectivity index (χ4v) is 3.97. The van der Waals surface area contributed by atoms with Gasteiger partial charge in [-0.1, -0.05) is 55.8 Å². The molecule has 0 bridgehead atoms. The maximum atomic E-state index is 12.4. The standard InChI is InChI=1S/C26H32ClN3O2.C2H6/c1-18(23(28)19-13-15-30(16-14-19)25(31)32-26(2,3)4)24(20-9-8-10-21(27)17-20)29-22-11-6-5-7-12-22;1-2/h5-12,17,19H,13-16,28H2,1-4H3;1-2H3/b23-18-,29-24?;. The number of ether oxygens (including phenoxy) is 1. The first-order valence-corrected chi connectivity index (χ1v) is 12.4. The Bertz CT molecular complexity index is 1000. The second-order valence-electron chi connectivity index (χ2n) is 9.13. The molecule has 184 valence electrons. The van der Waals surface area contributed by atoms with Gasteiger partial charge in [-0.05, 0) is 70.4 Å². The minimum absolute atomic E-state index is 0.175. The maximum Gasteiger partial charge on any atom is 0.410 e. The first-order chi connectivity index (χ1) is 16.1. The van der Waals surface area contributed by atoms with E-state index in [1.54, 1.807) is 4.90 Å². The molecule has 1 saturated heterocycles. The number of halogens is 1. The Hall–Kier alpha value is -2.79. The summed E-state index contributed by atoms with van der Waals surface area (Å²) >= 11 is 6.26. The van der Waals surface area contributed by atoms with Gasteiger partial charge in [0.15, 0.2) is 0 Å². The van der Waals surface area contributed by atoms with Gasteiger partial charge in [-0.2, -0.15) is 0 Å². The number of likely N-dealkylation sites (tertiary alicyclic amines) is 1. The van der Waals surface area contributed by atoms with Crippen LogP contribution in [0.15, 0.2) is 70.9 Å². The van der Waals surface area contributed by atoms with Crippen LogP contribution in [0.1, 0.15) is 59.9 Å². The maximum absolute atomic E-state index is 12.4. The molecule has 2 aromatic rings. The van der Waals surface area contributed by atoms with Crippen molar-refractivity contribution < 1.29 is 9.53 Å². The van der Waals surface area contributed by atoms with E-state index in [1.165, 1.54) is 0 Å². The molecule has 1 aliphatic rings. The number of piperidine rings is 1. The second-order valence-corrected chi connectivity index (χ2v) is 9.56. The molecular formula is C28H38ClN3O2. The van der Waals surface area contributed by atoms with E-state index >= 15 is 0 Å². The fourth-order valence-electron chi connectivity index (χ4n) is 3.77. The normalized spacial score (nSPS) is 15.7. The Kier molecular flexibility index (Phi) is 10.2. The molecule has 0 aliphatic carbocycles. The average Bonchev–Trinajstić information content (AvgIpc) is 2.82. The highest BCUT2D eigenvalue weighted by atomic mass is 35.5. The predicted octanol–water partition coefficient (Wildman–Crippen LogP) is 7.37. The molecule has 2 N–H and O–H groups in total. The van der Waals surface area contributed by atoms with Crippen LogP contribution in [0.3, 0.4) is 0 Å². The van der Waals surface area contributed by atoms with E-state index in [4.69, 9.17) is 27.1 Å². The SMILES string of the molecule is C/C(C(=Nc1ccccc1)c1cccc(Cl)c1)=C(/N)C1CCN(C(=O)OC(C)(C)C)CC1.CC. The second kappa shape index (κ2) is 12.6. The summed E-state index contributed by atoms with van der Waals surface area (Å²) in [5.74, 6) is 0.175. The van der Waals surface area contributed by atoms with Gasteiger partial charge in [-0.25, -0.2) is 9.79 Å². The van der Waals surface area contributed by atoms with E-state index in [1.807, 2.05) is 96.1 Å². The van der Waals surface area contributed by atoms with Crippen LogP contribution in [0.25, 0.3) is 0 Å². The van der Waals surface area contributed by atoms with E-state index < -0.39 is 5.60 Å². The van der Waals surface area contributed by atoms with Crippen molar-refractivity contribution in [2.24, 2.45) is 16.6 Å². The van der Waals surface area contributed by atoms with Crippen molar-refractivity contribution in [3.8, 4) is 0 Å². The zero-order chi connectivity index (χ0) is 25.3. The minimum atomic E-state index is -0.497. The molecule has 6 heteroatoms. The first kappa shape index (κ1) is 27.5. The number of nitrogens with zero attached hydrogens (tertiary/aromatic N) is 2. The van der Waals surface area contributed by atoms with Crippen molar-refractivity contribution in [3.63, 3.8) is 0 Å². The summed E-state index contributed by atoms with van der Waals surface area (Å²) in [5, 5.41) is 0.653. The van der Waals surface area contributed by atoms with Crippen molar-refractivity contribution >= 4 is 29.1 Å². The molecule has 1 heterocycles. The van der Waals surface area contributed by atoms with Gasteiger partial charge >= 0.3 is 6.09 Å². The van der Waals surface area contributed by atoms with Crippen molar-refractivity contribution in [2.75, 3.05) is 13.1 Å². The molecule has 3 rings (SSSR count). The van der Waals surface area contributed by atoms with Gasteiger partial charge in [0.2, 0.25) is 0 Å². The molecule has 0 atom stereocenters. The number of rotatable bonds is 4. The van der Waals surface area contributed by atoms with Crippen molar-refractivity contribution in [1.82, 2.24) is 4.90 Å². The van der Waals surface area contributed by atoms with Gasteiger partial charge in [0.1, 0.15) is 5.60 Å². The number of hydrogen-bond acceptors (Lipinski definition) is 4. The van der Waals surface area contributed by atoms with Gasteiger partial charge in [0.25, 0.3) is 0 Å². The highest BCUT2D eigenvalue weighted by Gasteiger charge is 2.28. The molecule has 0 spiro atoms. The Morgan fingerprint density at radius 3 is 2.24 bits per heavy atom. The Morgan fingerprint density at radius 2 is 1.68 bits per heavy atom. The third kappa shape index (κ3) is 7.91. The van der Waals surface area contributed by atoms with Crippen molar-refractivity contribution in [2.45, 2.75) is 60.0 Å². The highest BCUT2D eigenvalue weighted by Crippen LogP contribution is 2.28. The fraction of sp³-hybridized carbons (Fsp3) is 0.429. The quantitative estimate of drug-likeness (QED) is 0.461. The molecule has 0 aromatic heterocycles. The lowest BCUT2D eigenvalue weighted by molar-refractivity contribution is 0.0194. The topological polar surface area (TPSA) is 67.9 Å². The average molecular weight is 484 g/mol. The molecule has 0 unspecified atom stereocenters. The van der Waals surface area contributed by atoms with Crippen LogP contribution in [0.4, 0.5) is 10.5 Å². The van der Waals surface area contributed by atoms with Gasteiger partial charge < -0.3 is 15.4 Å². The Morgan fingerprint density at radius 1 is 1.06 bits per heavy atom. The smallest absolute Gasteiger partial charge is 0.410 e. The van der Waals surface area contributed by atoms with Crippen LogP contribution >= 0.6 is 11.6 Å². The van der Waals surface area contributed by atoms with Crippen molar-refractivity contribution in [3.05, 3.63) is 76.5 Å². The van der Waals surface area contributed by atoms with Crippen LogP contribution in [0, 0.1) is 5.92 Å². The number of allylic oxidation sites excluding steroid dienone is 2. The van der Waals surface area contributed by atoms with Gasteiger partial charge in [0, 0.05) is 35.3 Å². The molecule has 0 saturated carbocycles. The number of para-hydroxylation sites is 1. The molecule has 5 nitrogen and oxygen atoms in total. The number of amides is 1. The lowest BCUT2D eigenvalue weighted by Gasteiger charge is -2.34. The van der Waals surface area contributed by atoms with Crippen LogP contribution in [0.5, 0.6) is 0 Å². The van der Waals surface area contributed by atoms with Gasteiger partial charge in [0.05, 0.1) is 11.4 Å². The third-order valence-corrected chi connectivity index (χ3v) is 5.70. The van der Waals surface area contributed by atoms with E-state index in [9.17, 15) is 4.79 Å². The largest absolute Gasteiger partial charge is 0.444 e. The molecule has 2 aromatic carbocycles. The highest BCUT2D eigenvalue weighted by molar-refractivity contribution is 6.31. The summed E-state index contributed by atoms with van der Waals surface area (Å²) in [6.07, 6.45) is 1.31. The minimum Gasteiger partial charge on any atom is -0.444 e. The van der Waals surface area contributed by atoms with Crippen LogP contribution in [-0.4, -0.2) is 35.4 Å². The Labute approximate surface area is 209 Å². The molecule has 1 fully saturated rings. The lowest BCUT2D eigenvalue weighted by atomic mass is 9.89. The number of carbonyl (C=O) groups is 1. The predicted molar refractivity (Wildman–Crippen MR) is 143 cm³/mol. The zero-order valence-electron chi connectivity index (χ0n) is 21.3. The summed E-state index contributed by atoms with van der Waals surface area (Å²) in [6.45, 7) is 12.9. The molecular weight excluding hydrogens is 446 g/mol. The first-order valence-electron chi connectivity index (χ1n) is 12.0. The number of hydrogen-bond donors (Lipinski definition) is 1. The van der Waals surface area contributed by atoms with E-state index in [0.717, 1.165) is 41.1 Å². The van der Waals surface area contributed by atoms with Crippen molar-refractivity contribution in [1.29, 1.82) is 0 Å². The Balaban J connectivity index is 0.00000199. The van der Waals surface area contributed by atoms with E-state index in [0.29, 0.717) is 18.1 Å². The van der Waals surface area contributed by atoms with E-state index in [2.05, 4.69) is 0 Å². The number of aliphatic imine (C=N–C) groups is 1. The van der Waals surface area contributed by atoms with Gasteiger partial charge in [-0.15, -0.1) is 0 Å². The van der Waals surface area contributed by atoms with Gasteiger partial charge in [-0.3, -0.25) is 0 Å². The zero-order valence-corrected chi connectivity index (χ0v) is 22.0. The number of benzene rings is 2. The molecule has 0 radical (unpaired) electrons. The number of carbonyl (C=O) groups excluding carboxylic acids is 1. The van der Waals surface area contributed by atoms with Crippen LogP contribution in [0.2, 0.25) is 5.02 Å². The summed E-state index contributed by atoms with van der Waals surface area (Å²) in [5.41, 5.74) is 10.5. The summed E-state index contributed by atoms with van der Waals surface area (Å²) < 4.78 is 5.51. The van der Waals surface area contributed by atoms with Crippen LogP contribution < -0.4 is 5.73 Å². The van der Waals surface area contributed by atoms with E-state index in [-0.39, 0.29) is 12.0 Å². The summed E-state index contributed by atoms with van der Waals surface area (Å²) in [6, 6.07) is 17.5.